The lowest BCUT2D eigenvalue weighted by atomic mass is 10.00. The van der Waals surface area contributed by atoms with E-state index in [4.69, 9.17) is 10.1 Å². The first-order valence-corrected chi connectivity index (χ1v) is 12.0. The predicted molar refractivity (Wildman–Crippen MR) is 134 cm³/mol. The van der Waals surface area contributed by atoms with Gasteiger partial charge in [-0.25, -0.2) is 14.8 Å². The Kier molecular flexibility index (Phi) is 6.98. The molecule has 176 valence electrons. The number of rotatable bonds is 10. The Morgan fingerprint density at radius 3 is 2.49 bits per heavy atom. The average molecular weight is 465 g/mol. The van der Waals surface area contributed by atoms with Gasteiger partial charge in [-0.05, 0) is 51.6 Å². The van der Waals surface area contributed by atoms with Crippen LogP contribution in [0.15, 0.2) is 73.1 Å². The normalized spacial score (nSPS) is 11.1. The van der Waals surface area contributed by atoms with E-state index in [-0.39, 0.29) is 0 Å². The van der Waals surface area contributed by atoms with Crippen molar-refractivity contribution >= 4 is 0 Å². The molecule has 0 aliphatic heterocycles. The summed E-state index contributed by atoms with van der Waals surface area (Å²) in [7, 11) is 0. The monoisotopic (exact) mass is 464 g/mol. The molecule has 8 heteroatoms. The number of nitrogens with zero attached hydrogens (tertiary/aromatic N) is 7. The smallest absolute Gasteiger partial charge is 0.181 e. The Morgan fingerprint density at radius 1 is 0.857 bits per heavy atom. The molecule has 0 unspecified atom stereocenters. The summed E-state index contributed by atoms with van der Waals surface area (Å²) >= 11 is 0. The van der Waals surface area contributed by atoms with Crippen molar-refractivity contribution in [1.29, 1.82) is 0 Å². The number of aromatic amines is 1. The highest BCUT2D eigenvalue weighted by molar-refractivity contribution is 5.79. The van der Waals surface area contributed by atoms with Crippen molar-refractivity contribution in [2.75, 3.05) is 0 Å². The Labute approximate surface area is 204 Å². The Balaban J connectivity index is 1.34. The summed E-state index contributed by atoms with van der Waals surface area (Å²) in [4.78, 5) is 9.12. The third-order valence-electron chi connectivity index (χ3n) is 6.05. The molecule has 0 bridgehead atoms. The fraction of sp³-hybridized carbons (Fsp3) is 0.259. The molecule has 5 aromatic rings. The standard InChI is InChI=1S/C27H28N8/c1-2-3-9-26-29-25(15-12-20-7-5-4-6-8-20)32-35(26)19-21-10-13-22(14-11-21)23-16-17-28-18-24(23)27-30-33-34-31-27/h4-8,10-11,13-14,16-18H,2-3,9,12,15,19H2,1H3,(H,30,31,33,34). The maximum absolute atomic E-state index is 4.89. The van der Waals surface area contributed by atoms with Crippen molar-refractivity contribution in [3.8, 4) is 22.5 Å². The Morgan fingerprint density at radius 2 is 1.71 bits per heavy atom. The van der Waals surface area contributed by atoms with Crippen molar-refractivity contribution < 1.29 is 0 Å². The van der Waals surface area contributed by atoms with Gasteiger partial charge >= 0.3 is 0 Å². The summed E-state index contributed by atoms with van der Waals surface area (Å²) in [6.07, 6.45) is 8.53. The molecular formula is C27H28N8. The number of aromatic nitrogens is 8. The number of unbranched alkanes of at least 4 members (excludes halogenated alkanes) is 1. The molecule has 0 aliphatic rings. The number of aryl methyl sites for hydroxylation is 3. The van der Waals surface area contributed by atoms with Crippen molar-refractivity contribution in [3.63, 3.8) is 0 Å². The summed E-state index contributed by atoms with van der Waals surface area (Å²) in [6.45, 7) is 2.91. The van der Waals surface area contributed by atoms with Crippen LogP contribution in [0.5, 0.6) is 0 Å². The van der Waals surface area contributed by atoms with Gasteiger partial charge in [0.2, 0.25) is 0 Å². The Bertz CT molecular complexity index is 1340. The van der Waals surface area contributed by atoms with Crippen molar-refractivity contribution in [2.45, 2.75) is 45.6 Å². The third kappa shape index (κ3) is 5.48. The maximum atomic E-state index is 4.89. The summed E-state index contributed by atoms with van der Waals surface area (Å²) in [6, 6.07) is 21.0. The fourth-order valence-corrected chi connectivity index (χ4v) is 4.15. The molecule has 0 fully saturated rings. The van der Waals surface area contributed by atoms with Crippen LogP contribution in [0.1, 0.15) is 42.5 Å². The van der Waals surface area contributed by atoms with Crippen LogP contribution in [0.2, 0.25) is 0 Å². The fourth-order valence-electron chi connectivity index (χ4n) is 4.15. The number of H-pyrrole nitrogens is 1. The van der Waals surface area contributed by atoms with E-state index in [1.165, 1.54) is 11.1 Å². The van der Waals surface area contributed by atoms with Gasteiger partial charge in [-0.15, -0.1) is 5.10 Å². The van der Waals surface area contributed by atoms with Gasteiger partial charge < -0.3 is 0 Å². The quantitative estimate of drug-likeness (QED) is 0.322. The molecular weight excluding hydrogens is 436 g/mol. The number of hydrogen-bond donors (Lipinski definition) is 1. The van der Waals surface area contributed by atoms with E-state index >= 15 is 0 Å². The largest absolute Gasteiger partial charge is 0.264 e. The van der Waals surface area contributed by atoms with E-state index in [2.05, 4.69) is 85.7 Å². The van der Waals surface area contributed by atoms with Gasteiger partial charge in [-0.3, -0.25) is 4.98 Å². The first-order valence-electron chi connectivity index (χ1n) is 12.0. The van der Waals surface area contributed by atoms with Gasteiger partial charge in [0.25, 0.3) is 0 Å². The summed E-state index contributed by atoms with van der Waals surface area (Å²) < 4.78 is 2.07. The second-order valence-electron chi connectivity index (χ2n) is 8.56. The maximum Gasteiger partial charge on any atom is 0.181 e. The van der Waals surface area contributed by atoms with E-state index in [1.807, 2.05) is 12.1 Å². The number of hydrogen-bond acceptors (Lipinski definition) is 6. The molecule has 8 nitrogen and oxygen atoms in total. The van der Waals surface area contributed by atoms with Crippen LogP contribution in [-0.2, 0) is 25.8 Å². The average Bonchev–Trinajstić information content (AvgIpc) is 3.58. The number of nitrogens with one attached hydrogen (secondary N) is 1. The molecule has 3 aromatic heterocycles. The van der Waals surface area contributed by atoms with Crippen molar-refractivity contribution in [3.05, 3.63) is 95.8 Å². The van der Waals surface area contributed by atoms with E-state index in [0.717, 1.165) is 60.4 Å². The Hall–Kier alpha value is -4.20. The molecule has 0 spiro atoms. The molecule has 0 aliphatic carbocycles. The lowest BCUT2D eigenvalue weighted by Crippen LogP contribution is -2.07. The van der Waals surface area contributed by atoms with Crippen LogP contribution in [0.4, 0.5) is 0 Å². The van der Waals surface area contributed by atoms with Gasteiger partial charge in [0.1, 0.15) is 5.82 Å². The van der Waals surface area contributed by atoms with Crippen molar-refractivity contribution in [2.24, 2.45) is 0 Å². The summed E-state index contributed by atoms with van der Waals surface area (Å²) in [5.41, 5.74) is 5.47. The summed E-state index contributed by atoms with van der Waals surface area (Å²) in [5.74, 6) is 2.58. The van der Waals surface area contributed by atoms with E-state index < -0.39 is 0 Å². The number of benzene rings is 2. The van der Waals surface area contributed by atoms with Crippen LogP contribution >= 0.6 is 0 Å². The molecule has 3 heterocycles. The van der Waals surface area contributed by atoms with Gasteiger partial charge in [0.15, 0.2) is 11.6 Å². The molecule has 0 amide bonds. The molecule has 2 aromatic carbocycles. The zero-order chi connectivity index (χ0) is 23.9. The molecule has 0 radical (unpaired) electrons. The lowest BCUT2D eigenvalue weighted by molar-refractivity contribution is 0.613. The van der Waals surface area contributed by atoms with Gasteiger partial charge in [0.05, 0.1) is 6.54 Å². The highest BCUT2D eigenvalue weighted by Crippen LogP contribution is 2.29. The number of tetrazole rings is 1. The third-order valence-corrected chi connectivity index (χ3v) is 6.05. The molecule has 0 atom stereocenters. The first-order chi connectivity index (χ1) is 17.3. The zero-order valence-electron chi connectivity index (χ0n) is 19.8. The minimum atomic E-state index is 0.600. The predicted octanol–water partition coefficient (Wildman–Crippen LogP) is 4.70. The van der Waals surface area contributed by atoms with E-state index in [1.54, 1.807) is 12.4 Å². The van der Waals surface area contributed by atoms with Crippen LogP contribution in [0, 0.1) is 0 Å². The highest BCUT2D eigenvalue weighted by atomic mass is 15.5. The van der Waals surface area contributed by atoms with Crippen LogP contribution < -0.4 is 0 Å². The second-order valence-corrected chi connectivity index (χ2v) is 8.56. The molecule has 0 saturated carbocycles. The molecule has 1 N–H and O–H groups in total. The molecule has 0 saturated heterocycles. The van der Waals surface area contributed by atoms with Crippen LogP contribution in [0.25, 0.3) is 22.5 Å². The van der Waals surface area contributed by atoms with Gasteiger partial charge in [-0.1, -0.05) is 67.9 Å². The van der Waals surface area contributed by atoms with Crippen molar-refractivity contribution in [1.82, 2.24) is 40.4 Å². The minimum absolute atomic E-state index is 0.600. The second kappa shape index (κ2) is 10.8. The summed E-state index contributed by atoms with van der Waals surface area (Å²) in [5, 5.41) is 19.1. The van der Waals surface area contributed by atoms with Gasteiger partial charge in [-0.2, -0.15) is 5.10 Å². The first kappa shape index (κ1) is 22.6. The van der Waals surface area contributed by atoms with E-state index in [0.29, 0.717) is 12.4 Å². The topological polar surface area (TPSA) is 98.1 Å². The minimum Gasteiger partial charge on any atom is -0.264 e. The molecule has 5 rings (SSSR count). The van der Waals surface area contributed by atoms with Crippen LogP contribution in [-0.4, -0.2) is 40.4 Å². The zero-order valence-corrected chi connectivity index (χ0v) is 19.8. The molecule has 35 heavy (non-hydrogen) atoms. The number of pyridine rings is 1. The SMILES string of the molecule is CCCCc1nc(CCc2ccccc2)nn1Cc1ccc(-c2ccncc2-c2nnn[nH]2)cc1. The highest BCUT2D eigenvalue weighted by Gasteiger charge is 2.13. The lowest BCUT2D eigenvalue weighted by Gasteiger charge is -2.09. The van der Waals surface area contributed by atoms with E-state index in [9.17, 15) is 0 Å². The van der Waals surface area contributed by atoms with Gasteiger partial charge in [0, 0.05) is 30.8 Å². The van der Waals surface area contributed by atoms with Crippen LogP contribution in [0.3, 0.4) is 0 Å².